The number of piperazine rings is 1. The fourth-order valence-corrected chi connectivity index (χ4v) is 7.62. The summed E-state index contributed by atoms with van der Waals surface area (Å²) < 4.78 is 21.7. The van der Waals surface area contributed by atoms with E-state index in [9.17, 15) is 14.0 Å². The number of rotatable bonds is 8. The largest absolute Gasteiger partial charge is 0.491 e. The van der Waals surface area contributed by atoms with Crippen LogP contribution in [0.3, 0.4) is 0 Å². The number of hydrogen-bond donors (Lipinski definition) is 1. The molecular formula is C35H37FN6O3S. The lowest BCUT2D eigenvalue weighted by molar-refractivity contribution is -0.137. The van der Waals surface area contributed by atoms with Crippen LogP contribution < -0.4 is 10.1 Å². The van der Waals surface area contributed by atoms with Crippen molar-refractivity contribution in [2.24, 2.45) is 5.92 Å². The lowest BCUT2D eigenvalue weighted by atomic mass is 9.96. The molecule has 3 aliphatic heterocycles. The van der Waals surface area contributed by atoms with E-state index >= 15 is 0 Å². The number of carbonyl (C=O) groups is 2. The normalized spacial score (nSPS) is 18.5. The maximum absolute atomic E-state index is 14.5. The number of aromatic nitrogens is 2. The number of likely N-dealkylation sites (tertiary alicyclic amines) is 1. The molecule has 2 saturated heterocycles. The second-order valence-corrected chi connectivity index (χ2v) is 13.0. The number of thiophene rings is 1. The van der Waals surface area contributed by atoms with Crippen molar-refractivity contribution in [3.8, 4) is 28.3 Å². The van der Waals surface area contributed by atoms with Crippen LogP contribution in [0.5, 0.6) is 5.75 Å². The predicted molar refractivity (Wildman–Crippen MR) is 177 cm³/mol. The van der Waals surface area contributed by atoms with Gasteiger partial charge in [-0.25, -0.2) is 4.39 Å². The number of amides is 2. The zero-order chi connectivity index (χ0) is 31.6. The predicted octanol–water partition coefficient (Wildman–Crippen LogP) is 4.37. The second kappa shape index (κ2) is 13.3. The minimum Gasteiger partial charge on any atom is -0.491 e. The first-order valence-corrected chi connectivity index (χ1v) is 16.8. The first-order chi connectivity index (χ1) is 22.5. The molecule has 1 atom stereocenters. The molecule has 11 heteroatoms. The summed E-state index contributed by atoms with van der Waals surface area (Å²) in [4.78, 5) is 30.8. The van der Waals surface area contributed by atoms with E-state index < -0.39 is 0 Å². The molecule has 238 valence electrons. The number of ether oxygens (including phenoxy) is 1. The number of nitrogens with one attached hydrogen (secondary N) is 1. The first-order valence-electron chi connectivity index (χ1n) is 15.9. The van der Waals surface area contributed by atoms with Crippen LogP contribution in [0.2, 0.25) is 0 Å². The molecule has 1 unspecified atom stereocenters. The van der Waals surface area contributed by atoms with Gasteiger partial charge in [-0.3, -0.25) is 14.5 Å². The van der Waals surface area contributed by atoms with Crippen LogP contribution in [-0.4, -0.2) is 95.7 Å². The van der Waals surface area contributed by atoms with Crippen molar-refractivity contribution in [2.45, 2.75) is 19.4 Å². The van der Waals surface area contributed by atoms with Gasteiger partial charge in [-0.05, 0) is 66.2 Å². The second-order valence-electron chi connectivity index (χ2n) is 12.1. The van der Waals surface area contributed by atoms with Gasteiger partial charge in [-0.1, -0.05) is 18.7 Å². The molecule has 9 nitrogen and oxygen atoms in total. The lowest BCUT2D eigenvalue weighted by Gasteiger charge is -2.35. The first kappa shape index (κ1) is 30.5. The molecule has 7 rings (SSSR count). The molecule has 0 radical (unpaired) electrons. The monoisotopic (exact) mass is 640 g/mol. The Hall–Kier alpha value is -4.19. The van der Waals surface area contributed by atoms with Crippen molar-refractivity contribution in [1.82, 2.24) is 30.2 Å². The Morgan fingerprint density at radius 2 is 1.87 bits per heavy atom. The zero-order valence-corrected chi connectivity index (χ0v) is 26.5. The van der Waals surface area contributed by atoms with Gasteiger partial charge in [0.15, 0.2) is 0 Å². The molecule has 0 saturated carbocycles. The Labute approximate surface area is 271 Å². The molecule has 5 heterocycles. The van der Waals surface area contributed by atoms with Crippen molar-refractivity contribution in [2.75, 3.05) is 59.0 Å². The highest BCUT2D eigenvalue weighted by molar-refractivity contribution is 7.17. The Bertz CT molecular complexity index is 1790. The molecule has 2 aromatic carbocycles. The molecule has 1 N–H and O–H groups in total. The molecule has 3 aliphatic rings. The molecule has 0 aliphatic carbocycles. The van der Waals surface area contributed by atoms with Crippen molar-refractivity contribution >= 4 is 33.2 Å². The van der Waals surface area contributed by atoms with E-state index in [1.54, 1.807) is 22.3 Å². The minimum atomic E-state index is -0.373. The third-order valence-corrected chi connectivity index (χ3v) is 10.2. The van der Waals surface area contributed by atoms with Crippen LogP contribution in [0.4, 0.5) is 4.39 Å². The summed E-state index contributed by atoms with van der Waals surface area (Å²) >= 11 is 1.59. The fraction of sp³-hybridized carbons (Fsp3) is 0.371. The van der Waals surface area contributed by atoms with Crippen molar-refractivity contribution in [1.29, 1.82) is 0 Å². The van der Waals surface area contributed by atoms with Gasteiger partial charge in [-0.2, -0.15) is 0 Å². The summed E-state index contributed by atoms with van der Waals surface area (Å²) in [5, 5.41) is 15.8. The van der Waals surface area contributed by atoms with Gasteiger partial charge < -0.3 is 19.9 Å². The zero-order valence-electron chi connectivity index (χ0n) is 25.7. The van der Waals surface area contributed by atoms with Gasteiger partial charge >= 0.3 is 0 Å². The smallest absolute Gasteiger partial charge is 0.245 e. The number of carbonyl (C=O) groups excluding carboxylic acids is 2. The number of hydrogen-bond acceptors (Lipinski definition) is 8. The van der Waals surface area contributed by atoms with Crippen LogP contribution in [-0.2, 0) is 22.6 Å². The molecule has 2 amide bonds. The van der Waals surface area contributed by atoms with Crippen molar-refractivity contribution in [3.63, 3.8) is 0 Å². The summed E-state index contributed by atoms with van der Waals surface area (Å²) in [6.07, 6.45) is 2.99. The van der Waals surface area contributed by atoms with E-state index in [0.29, 0.717) is 62.8 Å². The Balaban J connectivity index is 1.00. The molecule has 46 heavy (non-hydrogen) atoms. The highest BCUT2D eigenvalue weighted by Crippen LogP contribution is 2.39. The van der Waals surface area contributed by atoms with E-state index in [1.807, 2.05) is 10.3 Å². The Morgan fingerprint density at radius 3 is 2.72 bits per heavy atom. The van der Waals surface area contributed by atoms with Gasteiger partial charge in [0.05, 0.1) is 10.6 Å². The fourth-order valence-electron chi connectivity index (χ4n) is 6.73. The van der Waals surface area contributed by atoms with E-state index in [0.717, 1.165) is 53.9 Å². The average Bonchev–Trinajstić information content (AvgIpc) is 3.79. The van der Waals surface area contributed by atoms with E-state index in [2.05, 4.69) is 51.3 Å². The summed E-state index contributed by atoms with van der Waals surface area (Å²) in [5.41, 5.74) is 5.95. The van der Waals surface area contributed by atoms with Crippen LogP contribution >= 0.6 is 11.3 Å². The van der Waals surface area contributed by atoms with Gasteiger partial charge in [0, 0.05) is 74.9 Å². The van der Waals surface area contributed by atoms with Gasteiger partial charge in [0.2, 0.25) is 11.8 Å². The van der Waals surface area contributed by atoms with Crippen LogP contribution in [0.15, 0.2) is 60.5 Å². The standard InChI is InChI=1S/C35H37FN6O3S/c1-2-31(43)42-11-8-26(22-42)35(44)41-14-12-40(13-15-41)16-17-45-30-20-27(36)5-6-28(30)33-34-29(9-18-46-34)32(38-39-33)24-3-4-25-21-37-10-7-23(25)19-24/h2-6,9,18-20,26,37H,1,7-8,10-17,21-22H2. The quantitative estimate of drug-likeness (QED) is 0.286. The Morgan fingerprint density at radius 1 is 1.02 bits per heavy atom. The van der Waals surface area contributed by atoms with E-state index in [1.165, 1.54) is 29.3 Å². The maximum Gasteiger partial charge on any atom is 0.245 e. The molecule has 4 aromatic rings. The SMILES string of the molecule is C=CC(=O)N1CCC(C(=O)N2CCN(CCOc3cc(F)ccc3-c3nnc(-c4ccc5c(c4)CCNC5)c4ccsc34)CC2)C1. The number of nitrogens with zero attached hydrogens (tertiary/aromatic N) is 5. The highest BCUT2D eigenvalue weighted by atomic mass is 32.1. The average molecular weight is 641 g/mol. The van der Waals surface area contributed by atoms with Gasteiger partial charge in [-0.15, -0.1) is 21.5 Å². The molecule has 0 spiro atoms. The summed E-state index contributed by atoms with van der Waals surface area (Å²) in [5.74, 6) is -0.0783. The lowest BCUT2D eigenvalue weighted by Crippen LogP contribution is -2.51. The minimum absolute atomic E-state index is 0.117. The van der Waals surface area contributed by atoms with Crippen LogP contribution in [0, 0.1) is 11.7 Å². The summed E-state index contributed by atoms with van der Waals surface area (Å²) in [7, 11) is 0. The van der Waals surface area contributed by atoms with Gasteiger partial charge in [0.1, 0.15) is 29.6 Å². The third kappa shape index (κ3) is 6.14. The van der Waals surface area contributed by atoms with Crippen LogP contribution in [0.1, 0.15) is 17.5 Å². The number of fused-ring (bicyclic) bond motifs is 2. The van der Waals surface area contributed by atoms with E-state index in [4.69, 9.17) is 4.74 Å². The highest BCUT2D eigenvalue weighted by Gasteiger charge is 2.34. The molecular weight excluding hydrogens is 603 g/mol. The molecule has 2 fully saturated rings. The van der Waals surface area contributed by atoms with Gasteiger partial charge in [0.25, 0.3) is 0 Å². The Kier molecular flexibility index (Phi) is 8.79. The topological polar surface area (TPSA) is 90.9 Å². The third-order valence-electron chi connectivity index (χ3n) is 9.32. The number of halogens is 1. The van der Waals surface area contributed by atoms with E-state index in [-0.39, 0.29) is 23.5 Å². The molecule has 0 bridgehead atoms. The summed E-state index contributed by atoms with van der Waals surface area (Å²) in [6.45, 7) is 10.2. The maximum atomic E-state index is 14.5. The number of benzene rings is 2. The van der Waals surface area contributed by atoms with Crippen LogP contribution in [0.25, 0.3) is 32.6 Å². The summed E-state index contributed by atoms with van der Waals surface area (Å²) in [6, 6.07) is 13.2. The van der Waals surface area contributed by atoms with Crippen molar-refractivity contribution in [3.05, 3.63) is 77.4 Å². The van der Waals surface area contributed by atoms with Crippen molar-refractivity contribution < 1.29 is 18.7 Å². The molecule has 2 aromatic heterocycles.